The topological polar surface area (TPSA) is 71.0 Å². The van der Waals surface area contributed by atoms with E-state index < -0.39 is 0 Å². The summed E-state index contributed by atoms with van der Waals surface area (Å²) in [6.45, 7) is 3.35. The highest BCUT2D eigenvalue weighted by molar-refractivity contribution is 8.14. The largest absolute Gasteiger partial charge is 0.489 e. The Bertz CT molecular complexity index is 822. The quantitative estimate of drug-likeness (QED) is 0.898. The Labute approximate surface area is 156 Å². The van der Waals surface area contributed by atoms with Gasteiger partial charge in [-0.2, -0.15) is 0 Å². The lowest BCUT2D eigenvalue weighted by Gasteiger charge is -2.19. The second-order valence-corrected chi connectivity index (χ2v) is 6.83. The SMILES string of the molecule is CC(=O)NC1=NN(C(C)=O)[C@@H](c2ccc(OCc3ccccc3)cc2)S1. The van der Waals surface area contributed by atoms with Crippen molar-refractivity contribution in [1.29, 1.82) is 0 Å². The molecule has 0 aromatic heterocycles. The maximum atomic E-state index is 11.9. The first-order chi connectivity index (χ1) is 12.5. The van der Waals surface area contributed by atoms with E-state index >= 15 is 0 Å². The third-order valence-electron chi connectivity index (χ3n) is 3.66. The molecule has 3 rings (SSSR count). The number of hydrazone groups is 1. The molecule has 134 valence electrons. The average Bonchev–Trinajstić information content (AvgIpc) is 3.05. The molecular weight excluding hydrogens is 350 g/mol. The van der Waals surface area contributed by atoms with Gasteiger partial charge in [-0.15, -0.1) is 5.10 Å². The van der Waals surface area contributed by atoms with Crippen molar-refractivity contribution >= 4 is 28.7 Å². The lowest BCUT2D eigenvalue weighted by molar-refractivity contribution is -0.129. The van der Waals surface area contributed by atoms with Crippen molar-refractivity contribution in [2.45, 2.75) is 25.8 Å². The van der Waals surface area contributed by atoms with Gasteiger partial charge in [-0.1, -0.05) is 54.2 Å². The summed E-state index contributed by atoms with van der Waals surface area (Å²) < 4.78 is 5.78. The van der Waals surface area contributed by atoms with Crippen LogP contribution in [-0.4, -0.2) is 22.0 Å². The van der Waals surface area contributed by atoms with E-state index in [4.69, 9.17) is 4.74 Å². The number of amidine groups is 1. The fraction of sp³-hybridized carbons (Fsp3) is 0.211. The molecule has 0 radical (unpaired) electrons. The molecule has 0 bridgehead atoms. The van der Waals surface area contributed by atoms with Gasteiger partial charge in [0.25, 0.3) is 0 Å². The van der Waals surface area contributed by atoms with E-state index in [-0.39, 0.29) is 17.2 Å². The van der Waals surface area contributed by atoms with Crippen LogP contribution in [0.5, 0.6) is 5.75 Å². The molecule has 1 atom stereocenters. The number of nitrogens with one attached hydrogen (secondary N) is 1. The molecule has 1 aliphatic heterocycles. The van der Waals surface area contributed by atoms with Crippen molar-refractivity contribution < 1.29 is 14.3 Å². The van der Waals surface area contributed by atoms with Crippen molar-refractivity contribution in [3.63, 3.8) is 0 Å². The molecule has 1 N–H and O–H groups in total. The van der Waals surface area contributed by atoms with Gasteiger partial charge in [0.2, 0.25) is 11.8 Å². The van der Waals surface area contributed by atoms with Gasteiger partial charge < -0.3 is 10.1 Å². The smallest absolute Gasteiger partial charge is 0.241 e. The van der Waals surface area contributed by atoms with Crippen molar-refractivity contribution in [2.24, 2.45) is 5.10 Å². The highest BCUT2D eigenvalue weighted by Crippen LogP contribution is 2.39. The summed E-state index contributed by atoms with van der Waals surface area (Å²) in [5.41, 5.74) is 2.00. The number of ether oxygens (including phenoxy) is 1. The molecular formula is C19H19N3O3S. The fourth-order valence-corrected chi connectivity index (χ4v) is 3.59. The van der Waals surface area contributed by atoms with Gasteiger partial charge in [0.15, 0.2) is 5.17 Å². The van der Waals surface area contributed by atoms with Crippen LogP contribution in [-0.2, 0) is 16.2 Å². The van der Waals surface area contributed by atoms with E-state index in [9.17, 15) is 9.59 Å². The van der Waals surface area contributed by atoms with Crippen LogP contribution >= 0.6 is 11.8 Å². The summed E-state index contributed by atoms with van der Waals surface area (Å²) in [5.74, 6) is 0.343. The van der Waals surface area contributed by atoms with E-state index in [0.29, 0.717) is 11.8 Å². The van der Waals surface area contributed by atoms with Gasteiger partial charge >= 0.3 is 0 Å². The summed E-state index contributed by atoms with van der Waals surface area (Å²) in [7, 11) is 0. The molecule has 1 heterocycles. The summed E-state index contributed by atoms with van der Waals surface area (Å²) >= 11 is 1.33. The van der Waals surface area contributed by atoms with Crippen LogP contribution in [0.3, 0.4) is 0 Å². The van der Waals surface area contributed by atoms with E-state index in [1.54, 1.807) is 0 Å². The molecule has 6 nitrogen and oxygen atoms in total. The number of benzene rings is 2. The zero-order chi connectivity index (χ0) is 18.5. The molecule has 0 aliphatic carbocycles. The standard InChI is InChI=1S/C19H19N3O3S/c1-13(23)20-19-21-22(14(2)24)18(26-19)16-8-10-17(11-9-16)25-12-15-6-4-3-5-7-15/h3-11,18H,12H2,1-2H3,(H,20,21,23)/t18-/m1/s1. The molecule has 0 saturated heterocycles. The number of hydrogen-bond donors (Lipinski definition) is 1. The van der Waals surface area contributed by atoms with E-state index in [2.05, 4.69) is 10.4 Å². The van der Waals surface area contributed by atoms with Crippen LogP contribution in [0.2, 0.25) is 0 Å². The van der Waals surface area contributed by atoms with Crippen LogP contribution < -0.4 is 10.1 Å². The number of nitrogens with zero attached hydrogens (tertiary/aromatic N) is 2. The van der Waals surface area contributed by atoms with Crippen molar-refractivity contribution in [3.8, 4) is 5.75 Å². The lowest BCUT2D eigenvalue weighted by Crippen LogP contribution is -2.25. The molecule has 2 aromatic rings. The second-order valence-electron chi connectivity index (χ2n) is 5.76. The van der Waals surface area contributed by atoms with Crippen molar-refractivity contribution in [1.82, 2.24) is 10.3 Å². The number of rotatable bonds is 4. The highest BCUT2D eigenvalue weighted by atomic mass is 32.2. The first-order valence-electron chi connectivity index (χ1n) is 8.12. The number of thioether (sulfide) groups is 1. The molecule has 26 heavy (non-hydrogen) atoms. The number of carbonyl (C=O) groups is 2. The lowest BCUT2D eigenvalue weighted by atomic mass is 10.2. The van der Waals surface area contributed by atoms with Gasteiger partial charge in [0, 0.05) is 13.8 Å². The predicted octanol–water partition coefficient (Wildman–Crippen LogP) is 3.27. The molecule has 0 fully saturated rings. The highest BCUT2D eigenvalue weighted by Gasteiger charge is 2.32. The Kier molecular flexibility index (Phi) is 5.58. The van der Waals surface area contributed by atoms with Gasteiger partial charge in [-0.25, -0.2) is 5.01 Å². The van der Waals surface area contributed by atoms with Crippen molar-refractivity contribution in [3.05, 3.63) is 65.7 Å². The monoisotopic (exact) mass is 369 g/mol. The maximum absolute atomic E-state index is 11.9. The number of amides is 2. The molecule has 7 heteroatoms. The Morgan fingerprint density at radius 1 is 1.12 bits per heavy atom. The summed E-state index contributed by atoms with van der Waals surface area (Å²) in [4.78, 5) is 23.1. The third-order valence-corrected chi connectivity index (χ3v) is 4.77. The molecule has 2 aromatic carbocycles. The minimum absolute atomic E-state index is 0.188. The molecule has 0 unspecified atom stereocenters. The van der Waals surface area contributed by atoms with E-state index in [0.717, 1.165) is 16.9 Å². The molecule has 1 aliphatic rings. The van der Waals surface area contributed by atoms with Crippen LogP contribution in [0.25, 0.3) is 0 Å². The minimum atomic E-state index is -0.308. The normalized spacial score (nSPS) is 16.2. The van der Waals surface area contributed by atoms with Crippen LogP contribution in [0.15, 0.2) is 59.7 Å². The number of hydrogen-bond acceptors (Lipinski definition) is 5. The first-order valence-corrected chi connectivity index (χ1v) is 9.00. The Hall–Kier alpha value is -2.80. The second kappa shape index (κ2) is 8.05. The maximum Gasteiger partial charge on any atom is 0.241 e. The van der Waals surface area contributed by atoms with Gasteiger partial charge in [-0.05, 0) is 23.3 Å². The Morgan fingerprint density at radius 2 is 1.81 bits per heavy atom. The van der Waals surface area contributed by atoms with Gasteiger partial charge in [-0.3, -0.25) is 9.59 Å². The number of carbonyl (C=O) groups excluding carboxylic acids is 2. The Balaban J connectivity index is 1.67. The molecule has 2 amide bonds. The third kappa shape index (κ3) is 4.43. The van der Waals surface area contributed by atoms with Gasteiger partial charge in [0.05, 0.1) is 0 Å². The van der Waals surface area contributed by atoms with E-state index in [1.807, 2.05) is 54.6 Å². The molecule has 0 spiro atoms. The minimum Gasteiger partial charge on any atom is -0.489 e. The summed E-state index contributed by atoms with van der Waals surface area (Å²) in [6, 6.07) is 17.5. The van der Waals surface area contributed by atoms with E-state index in [1.165, 1.54) is 30.6 Å². The molecule has 0 saturated carbocycles. The van der Waals surface area contributed by atoms with Crippen LogP contribution in [0.1, 0.15) is 30.3 Å². The van der Waals surface area contributed by atoms with Gasteiger partial charge in [0.1, 0.15) is 17.7 Å². The zero-order valence-electron chi connectivity index (χ0n) is 14.5. The average molecular weight is 369 g/mol. The van der Waals surface area contributed by atoms with Crippen LogP contribution in [0, 0.1) is 0 Å². The fourth-order valence-electron chi connectivity index (χ4n) is 2.45. The van der Waals surface area contributed by atoms with Crippen molar-refractivity contribution in [2.75, 3.05) is 0 Å². The first kappa shape index (κ1) is 18.0. The van der Waals surface area contributed by atoms with Crippen LogP contribution in [0.4, 0.5) is 0 Å². The summed E-state index contributed by atoms with van der Waals surface area (Å²) in [5, 5.41) is 8.30. The predicted molar refractivity (Wildman–Crippen MR) is 101 cm³/mol. The zero-order valence-corrected chi connectivity index (χ0v) is 15.3. The Morgan fingerprint density at radius 3 is 2.42 bits per heavy atom. The summed E-state index contributed by atoms with van der Waals surface area (Å²) in [6.07, 6.45) is 0.